The predicted molar refractivity (Wildman–Crippen MR) is 109 cm³/mol. The van der Waals surface area contributed by atoms with Crippen LogP contribution < -0.4 is 19.5 Å². The number of nitrogens with zero attached hydrogens (tertiary/aromatic N) is 2. The molecule has 1 aliphatic heterocycles. The summed E-state index contributed by atoms with van der Waals surface area (Å²) in [5.74, 6) is 0.682. The maximum Gasteiger partial charge on any atom is 0.270 e. The molecule has 0 bridgehead atoms. The van der Waals surface area contributed by atoms with Crippen LogP contribution in [-0.2, 0) is 14.8 Å². The zero-order valence-corrected chi connectivity index (χ0v) is 18.5. The minimum Gasteiger partial charge on any atom is -0.497 e. The van der Waals surface area contributed by atoms with Crippen LogP contribution in [0.2, 0.25) is 0 Å². The Hall–Kier alpha value is -2.24. The summed E-state index contributed by atoms with van der Waals surface area (Å²) in [4.78, 5) is 11.8. The standard InChI is InChI=1S/C18H24N4O5S2/c1-10(2)15(23)19-16-20-21-17(28-16)29(24,25)22-13-9-18(3,4)27-14-7-6-11(26-5)8-12(13)14/h6-8,10,13,22H,9H2,1-5H3,(H,19,20,23)/t13-/m0/s1. The monoisotopic (exact) mass is 440 g/mol. The number of amides is 1. The maximum absolute atomic E-state index is 12.9. The lowest BCUT2D eigenvalue weighted by molar-refractivity contribution is -0.118. The first-order valence-corrected chi connectivity index (χ1v) is 11.3. The van der Waals surface area contributed by atoms with Crippen molar-refractivity contribution in [2.24, 2.45) is 5.92 Å². The fraction of sp³-hybridized carbons (Fsp3) is 0.500. The molecular weight excluding hydrogens is 416 g/mol. The molecular formula is C18H24N4O5S2. The van der Waals surface area contributed by atoms with Gasteiger partial charge < -0.3 is 14.8 Å². The van der Waals surface area contributed by atoms with Crippen molar-refractivity contribution in [1.82, 2.24) is 14.9 Å². The Morgan fingerprint density at radius 2 is 2.07 bits per heavy atom. The van der Waals surface area contributed by atoms with Gasteiger partial charge in [0.25, 0.3) is 10.0 Å². The molecule has 0 unspecified atom stereocenters. The van der Waals surface area contributed by atoms with Crippen LogP contribution in [0.25, 0.3) is 0 Å². The Kier molecular flexibility index (Phi) is 5.84. The predicted octanol–water partition coefficient (Wildman–Crippen LogP) is 2.72. The summed E-state index contributed by atoms with van der Waals surface area (Å²) in [6.07, 6.45) is 0.419. The van der Waals surface area contributed by atoms with Crippen LogP contribution in [0, 0.1) is 5.92 Å². The third-order valence-corrected chi connectivity index (χ3v) is 7.04. The average Bonchev–Trinajstić information content (AvgIpc) is 3.09. The summed E-state index contributed by atoms with van der Waals surface area (Å²) in [5, 5.41) is 10.2. The topological polar surface area (TPSA) is 120 Å². The van der Waals surface area contributed by atoms with Gasteiger partial charge in [0.1, 0.15) is 17.1 Å². The van der Waals surface area contributed by atoms with E-state index in [9.17, 15) is 13.2 Å². The maximum atomic E-state index is 12.9. The summed E-state index contributed by atoms with van der Waals surface area (Å²) >= 11 is 0.802. The molecule has 2 aromatic rings. The van der Waals surface area contributed by atoms with E-state index in [0.717, 1.165) is 11.3 Å². The van der Waals surface area contributed by atoms with Gasteiger partial charge in [-0.2, -0.15) is 0 Å². The zero-order valence-electron chi connectivity index (χ0n) is 16.8. The van der Waals surface area contributed by atoms with Crippen molar-refractivity contribution in [2.75, 3.05) is 12.4 Å². The molecule has 2 heterocycles. The molecule has 3 rings (SSSR count). The number of fused-ring (bicyclic) bond motifs is 1. The number of hydrogen-bond donors (Lipinski definition) is 2. The number of rotatable bonds is 6. The molecule has 0 fully saturated rings. The lowest BCUT2D eigenvalue weighted by Crippen LogP contribution is -2.41. The van der Waals surface area contributed by atoms with Crippen molar-refractivity contribution in [3.63, 3.8) is 0 Å². The normalized spacial score (nSPS) is 18.1. The first kappa shape index (κ1) is 21.5. The largest absolute Gasteiger partial charge is 0.497 e. The highest BCUT2D eigenvalue weighted by atomic mass is 32.2. The second-order valence-corrected chi connectivity index (χ2v) is 10.5. The summed E-state index contributed by atoms with van der Waals surface area (Å²) in [6, 6.07) is 4.75. The van der Waals surface area contributed by atoms with E-state index >= 15 is 0 Å². The second kappa shape index (κ2) is 7.88. The summed E-state index contributed by atoms with van der Waals surface area (Å²) in [5.41, 5.74) is 0.122. The number of carbonyl (C=O) groups excluding carboxylic acids is 1. The Balaban J connectivity index is 1.87. The van der Waals surface area contributed by atoms with Crippen LogP contribution in [0.4, 0.5) is 5.13 Å². The van der Waals surface area contributed by atoms with Gasteiger partial charge in [0.15, 0.2) is 0 Å². The minimum atomic E-state index is -3.96. The number of sulfonamides is 1. The first-order valence-electron chi connectivity index (χ1n) is 9.04. The highest BCUT2D eigenvalue weighted by molar-refractivity contribution is 7.91. The van der Waals surface area contributed by atoms with Gasteiger partial charge in [0.2, 0.25) is 15.4 Å². The number of nitrogens with one attached hydrogen (secondary N) is 2. The van der Waals surface area contributed by atoms with Crippen molar-refractivity contribution in [2.45, 2.75) is 50.1 Å². The van der Waals surface area contributed by atoms with Crippen LogP contribution >= 0.6 is 11.3 Å². The summed E-state index contributed by atoms with van der Waals surface area (Å²) in [7, 11) is -2.42. The molecule has 0 saturated heterocycles. The molecule has 29 heavy (non-hydrogen) atoms. The Morgan fingerprint density at radius 1 is 1.34 bits per heavy atom. The number of benzene rings is 1. The molecule has 0 radical (unpaired) electrons. The van der Waals surface area contributed by atoms with Crippen LogP contribution in [-0.4, -0.2) is 37.2 Å². The second-order valence-electron chi connectivity index (χ2n) is 7.66. The highest BCUT2D eigenvalue weighted by Crippen LogP contribution is 2.41. The fourth-order valence-electron chi connectivity index (χ4n) is 2.92. The SMILES string of the molecule is COc1ccc2c(c1)[C@@H](NS(=O)(=O)c1nnc(NC(=O)C(C)C)s1)CC(C)(C)O2. The Bertz CT molecular complexity index is 1020. The molecule has 0 spiro atoms. The third-order valence-electron chi connectivity index (χ3n) is 4.36. The Labute approximate surface area is 173 Å². The fourth-order valence-corrected chi connectivity index (χ4v) is 5.06. The molecule has 0 saturated carbocycles. The average molecular weight is 441 g/mol. The van der Waals surface area contributed by atoms with Gasteiger partial charge >= 0.3 is 0 Å². The first-order chi connectivity index (χ1) is 13.5. The lowest BCUT2D eigenvalue weighted by atomic mass is 9.90. The number of aromatic nitrogens is 2. The van der Waals surface area contributed by atoms with E-state index in [4.69, 9.17) is 9.47 Å². The number of hydrogen-bond acceptors (Lipinski definition) is 8. The molecule has 1 amide bonds. The summed E-state index contributed by atoms with van der Waals surface area (Å²) < 4.78 is 39.6. The molecule has 1 atom stereocenters. The summed E-state index contributed by atoms with van der Waals surface area (Å²) in [6.45, 7) is 7.25. The highest BCUT2D eigenvalue weighted by Gasteiger charge is 2.37. The van der Waals surface area contributed by atoms with E-state index in [0.29, 0.717) is 23.5 Å². The van der Waals surface area contributed by atoms with Crippen molar-refractivity contribution < 1.29 is 22.7 Å². The van der Waals surface area contributed by atoms with Crippen LogP contribution in [0.5, 0.6) is 11.5 Å². The van der Waals surface area contributed by atoms with Gasteiger partial charge in [-0.15, -0.1) is 10.2 Å². The number of carbonyl (C=O) groups is 1. The van der Waals surface area contributed by atoms with Gasteiger partial charge in [-0.05, 0) is 32.0 Å². The lowest BCUT2D eigenvalue weighted by Gasteiger charge is -2.37. The van der Waals surface area contributed by atoms with Crippen LogP contribution in [0.15, 0.2) is 22.5 Å². The van der Waals surface area contributed by atoms with Gasteiger partial charge in [-0.1, -0.05) is 25.2 Å². The van der Waals surface area contributed by atoms with E-state index in [1.54, 1.807) is 39.2 Å². The van der Waals surface area contributed by atoms with Crippen molar-refractivity contribution in [1.29, 1.82) is 0 Å². The van der Waals surface area contributed by atoms with Gasteiger partial charge in [0, 0.05) is 17.9 Å². The molecule has 1 aliphatic rings. The van der Waals surface area contributed by atoms with Crippen molar-refractivity contribution in [3.8, 4) is 11.5 Å². The van der Waals surface area contributed by atoms with Gasteiger partial charge in [-0.25, -0.2) is 13.1 Å². The molecule has 2 N–H and O–H groups in total. The van der Waals surface area contributed by atoms with E-state index < -0.39 is 21.7 Å². The molecule has 1 aromatic carbocycles. The van der Waals surface area contributed by atoms with E-state index in [1.807, 2.05) is 13.8 Å². The number of anilines is 1. The minimum absolute atomic E-state index is 0.137. The van der Waals surface area contributed by atoms with Crippen LogP contribution in [0.1, 0.15) is 45.7 Å². The molecule has 0 aliphatic carbocycles. The van der Waals surface area contributed by atoms with Crippen molar-refractivity contribution in [3.05, 3.63) is 23.8 Å². The van der Waals surface area contributed by atoms with E-state index in [-0.39, 0.29) is 21.3 Å². The van der Waals surface area contributed by atoms with Crippen molar-refractivity contribution >= 4 is 32.4 Å². The molecule has 11 heteroatoms. The number of ether oxygens (including phenoxy) is 2. The van der Waals surface area contributed by atoms with Crippen LogP contribution in [0.3, 0.4) is 0 Å². The Morgan fingerprint density at radius 3 is 2.72 bits per heavy atom. The van der Waals surface area contributed by atoms with Gasteiger partial charge in [-0.3, -0.25) is 4.79 Å². The van der Waals surface area contributed by atoms with E-state index in [2.05, 4.69) is 20.2 Å². The quantitative estimate of drug-likeness (QED) is 0.663. The molecule has 9 nitrogen and oxygen atoms in total. The third kappa shape index (κ3) is 4.85. The van der Waals surface area contributed by atoms with E-state index in [1.165, 1.54) is 0 Å². The molecule has 158 valence electrons. The van der Waals surface area contributed by atoms with Gasteiger partial charge in [0.05, 0.1) is 13.2 Å². The zero-order chi connectivity index (χ0) is 21.4. The number of methoxy groups -OCH3 is 1. The molecule has 1 aromatic heterocycles. The smallest absolute Gasteiger partial charge is 0.270 e.